The van der Waals surface area contributed by atoms with Crippen LogP contribution in [0, 0.1) is 6.92 Å². The summed E-state index contributed by atoms with van der Waals surface area (Å²) in [5.41, 5.74) is 6.92. The molecule has 1 rings (SSSR count). The number of aryl methyl sites for hydroxylation is 1. The predicted octanol–water partition coefficient (Wildman–Crippen LogP) is 2.40. The second kappa shape index (κ2) is 5.98. The van der Waals surface area contributed by atoms with Crippen LogP contribution < -0.4 is 5.73 Å². The molecule has 1 aromatic carbocycles. The average molecular weight is 271 g/mol. The van der Waals surface area contributed by atoms with Crippen molar-refractivity contribution in [3.63, 3.8) is 0 Å². The molecule has 17 heavy (non-hydrogen) atoms. The molecule has 0 spiro atoms. The van der Waals surface area contributed by atoms with Crippen molar-refractivity contribution in [2.45, 2.75) is 13.3 Å². The molecular formula is C12H15ClN2OS. The van der Waals surface area contributed by atoms with Gasteiger partial charge in [0.15, 0.2) is 0 Å². The Bertz CT molecular complexity index is 448. The Kier molecular flexibility index (Phi) is 4.90. The summed E-state index contributed by atoms with van der Waals surface area (Å²) in [5, 5.41) is 0.596. The highest BCUT2D eigenvalue weighted by Gasteiger charge is 2.12. The Morgan fingerprint density at radius 3 is 2.71 bits per heavy atom. The minimum absolute atomic E-state index is 0.0804. The molecule has 0 saturated heterocycles. The van der Waals surface area contributed by atoms with E-state index in [1.54, 1.807) is 24.1 Å². The van der Waals surface area contributed by atoms with Gasteiger partial charge in [0.05, 0.1) is 4.99 Å². The van der Waals surface area contributed by atoms with E-state index < -0.39 is 0 Å². The number of nitrogens with two attached hydrogens (primary N) is 1. The van der Waals surface area contributed by atoms with Gasteiger partial charge >= 0.3 is 0 Å². The van der Waals surface area contributed by atoms with E-state index in [1.807, 2.05) is 13.0 Å². The summed E-state index contributed by atoms with van der Waals surface area (Å²) in [6, 6.07) is 5.27. The van der Waals surface area contributed by atoms with Crippen molar-refractivity contribution in [1.29, 1.82) is 0 Å². The van der Waals surface area contributed by atoms with Gasteiger partial charge in [-0.25, -0.2) is 0 Å². The van der Waals surface area contributed by atoms with Gasteiger partial charge in [-0.1, -0.05) is 29.9 Å². The largest absolute Gasteiger partial charge is 0.393 e. The molecule has 0 radical (unpaired) electrons. The molecule has 0 bridgehead atoms. The number of halogens is 1. The van der Waals surface area contributed by atoms with E-state index in [0.29, 0.717) is 28.5 Å². The third-order valence-electron chi connectivity index (χ3n) is 2.46. The molecule has 3 nitrogen and oxygen atoms in total. The zero-order valence-corrected chi connectivity index (χ0v) is 11.4. The molecule has 1 aromatic rings. The number of carbonyl (C=O) groups is 1. The fraction of sp³-hybridized carbons (Fsp3) is 0.333. The summed E-state index contributed by atoms with van der Waals surface area (Å²) in [4.78, 5) is 14.0. The van der Waals surface area contributed by atoms with Gasteiger partial charge in [0.1, 0.15) is 0 Å². The van der Waals surface area contributed by atoms with Gasteiger partial charge < -0.3 is 10.6 Å². The number of carbonyl (C=O) groups excluding carboxylic acids is 1. The Morgan fingerprint density at radius 1 is 1.53 bits per heavy atom. The number of hydrogen-bond acceptors (Lipinski definition) is 2. The molecule has 0 saturated carbocycles. The molecule has 0 aromatic heterocycles. The van der Waals surface area contributed by atoms with Crippen LogP contribution >= 0.6 is 23.8 Å². The maximum Gasteiger partial charge on any atom is 0.253 e. The number of hydrogen-bond donors (Lipinski definition) is 1. The topological polar surface area (TPSA) is 46.3 Å². The van der Waals surface area contributed by atoms with Gasteiger partial charge in [-0.15, -0.1) is 0 Å². The van der Waals surface area contributed by atoms with Gasteiger partial charge in [0.2, 0.25) is 0 Å². The third-order valence-corrected chi connectivity index (χ3v) is 3.07. The minimum Gasteiger partial charge on any atom is -0.393 e. The maximum absolute atomic E-state index is 12.0. The van der Waals surface area contributed by atoms with E-state index in [9.17, 15) is 4.79 Å². The van der Waals surface area contributed by atoms with Gasteiger partial charge in [-0.05, 0) is 24.6 Å². The molecule has 0 unspecified atom stereocenters. The fourth-order valence-corrected chi connectivity index (χ4v) is 1.60. The summed E-state index contributed by atoms with van der Waals surface area (Å²) in [6.07, 6.45) is 0.525. The first-order valence-electron chi connectivity index (χ1n) is 5.21. The lowest BCUT2D eigenvalue weighted by Gasteiger charge is -2.17. The third kappa shape index (κ3) is 3.98. The van der Waals surface area contributed by atoms with E-state index >= 15 is 0 Å². The van der Waals surface area contributed by atoms with E-state index in [1.165, 1.54) is 0 Å². The SMILES string of the molecule is Cc1ccc(C(=O)N(C)CCC(N)=S)cc1Cl. The summed E-state index contributed by atoms with van der Waals surface area (Å²) in [7, 11) is 1.72. The van der Waals surface area contributed by atoms with Crippen molar-refractivity contribution in [3.05, 3.63) is 34.3 Å². The highest BCUT2D eigenvalue weighted by atomic mass is 35.5. The van der Waals surface area contributed by atoms with Crippen molar-refractivity contribution in [2.24, 2.45) is 5.73 Å². The lowest BCUT2D eigenvalue weighted by atomic mass is 10.1. The van der Waals surface area contributed by atoms with E-state index in [4.69, 9.17) is 29.6 Å². The Morgan fingerprint density at radius 2 is 2.18 bits per heavy atom. The molecule has 0 atom stereocenters. The first-order chi connectivity index (χ1) is 7.91. The lowest BCUT2D eigenvalue weighted by molar-refractivity contribution is 0.0799. The minimum atomic E-state index is -0.0804. The van der Waals surface area contributed by atoms with Crippen LogP contribution in [0.4, 0.5) is 0 Å². The second-order valence-electron chi connectivity index (χ2n) is 3.91. The van der Waals surface area contributed by atoms with Crippen LogP contribution in [0.2, 0.25) is 5.02 Å². The van der Waals surface area contributed by atoms with Gasteiger partial charge in [0.25, 0.3) is 5.91 Å². The van der Waals surface area contributed by atoms with Gasteiger partial charge in [-0.3, -0.25) is 4.79 Å². The van der Waals surface area contributed by atoms with Crippen molar-refractivity contribution >= 4 is 34.7 Å². The Hall–Kier alpha value is -1.13. The highest BCUT2D eigenvalue weighted by molar-refractivity contribution is 7.80. The average Bonchev–Trinajstić information content (AvgIpc) is 2.28. The quantitative estimate of drug-likeness (QED) is 0.855. The monoisotopic (exact) mass is 270 g/mol. The zero-order valence-electron chi connectivity index (χ0n) is 9.87. The number of thiocarbonyl (C=S) groups is 1. The fourth-order valence-electron chi connectivity index (χ4n) is 1.33. The molecule has 1 amide bonds. The molecule has 0 heterocycles. The van der Waals surface area contributed by atoms with Crippen molar-refractivity contribution < 1.29 is 4.79 Å². The summed E-state index contributed by atoms with van der Waals surface area (Å²) < 4.78 is 0. The Balaban J connectivity index is 2.74. The summed E-state index contributed by atoms with van der Waals surface area (Å²) in [6.45, 7) is 2.41. The van der Waals surface area contributed by atoms with Crippen LogP contribution in [0.3, 0.4) is 0 Å². The number of rotatable bonds is 4. The summed E-state index contributed by atoms with van der Waals surface area (Å²) in [5.74, 6) is -0.0804. The van der Waals surface area contributed by atoms with Crippen LogP contribution in [0.1, 0.15) is 22.3 Å². The summed E-state index contributed by atoms with van der Waals surface area (Å²) >= 11 is 10.8. The van der Waals surface area contributed by atoms with E-state index in [0.717, 1.165) is 5.56 Å². The van der Waals surface area contributed by atoms with Crippen LogP contribution in [0.25, 0.3) is 0 Å². The molecule has 0 fully saturated rings. The molecular weight excluding hydrogens is 256 g/mol. The van der Waals surface area contributed by atoms with Crippen molar-refractivity contribution in [2.75, 3.05) is 13.6 Å². The van der Waals surface area contributed by atoms with Crippen LogP contribution in [-0.4, -0.2) is 29.4 Å². The maximum atomic E-state index is 12.0. The van der Waals surface area contributed by atoms with Crippen LogP contribution in [0.5, 0.6) is 0 Å². The molecule has 2 N–H and O–H groups in total. The van der Waals surface area contributed by atoms with E-state index in [-0.39, 0.29) is 5.91 Å². The molecule has 0 aliphatic carbocycles. The van der Waals surface area contributed by atoms with Gasteiger partial charge in [-0.2, -0.15) is 0 Å². The Labute approximate surface area is 112 Å². The molecule has 92 valence electrons. The first kappa shape index (κ1) is 13.9. The normalized spacial score (nSPS) is 10.1. The standard InChI is InChI=1S/C12H15ClN2OS/c1-8-3-4-9(7-10(8)13)12(16)15(2)6-5-11(14)17/h3-4,7H,5-6H2,1-2H3,(H2,14,17). The smallest absolute Gasteiger partial charge is 0.253 e. The number of benzene rings is 1. The van der Waals surface area contributed by atoms with Crippen molar-refractivity contribution in [1.82, 2.24) is 4.90 Å². The number of amides is 1. The first-order valence-corrected chi connectivity index (χ1v) is 6.00. The predicted molar refractivity (Wildman–Crippen MR) is 74.6 cm³/mol. The zero-order chi connectivity index (χ0) is 13.0. The number of nitrogens with zero attached hydrogens (tertiary/aromatic N) is 1. The lowest BCUT2D eigenvalue weighted by Crippen LogP contribution is -2.30. The highest BCUT2D eigenvalue weighted by Crippen LogP contribution is 2.17. The van der Waals surface area contributed by atoms with Crippen LogP contribution in [-0.2, 0) is 0 Å². The van der Waals surface area contributed by atoms with Gasteiger partial charge in [0, 0.05) is 30.6 Å². The van der Waals surface area contributed by atoms with E-state index in [2.05, 4.69) is 0 Å². The second-order valence-corrected chi connectivity index (χ2v) is 4.84. The molecule has 5 heteroatoms. The molecule has 0 aliphatic rings. The van der Waals surface area contributed by atoms with Crippen molar-refractivity contribution in [3.8, 4) is 0 Å². The molecule has 0 aliphatic heterocycles. The van der Waals surface area contributed by atoms with Crippen LogP contribution in [0.15, 0.2) is 18.2 Å².